The summed E-state index contributed by atoms with van der Waals surface area (Å²) in [6.45, 7) is 5.72. The van der Waals surface area contributed by atoms with Gasteiger partial charge in [0.1, 0.15) is 17.1 Å². The van der Waals surface area contributed by atoms with Gasteiger partial charge in [0.2, 0.25) is 5.89 Å². The second-order valence-electron chi connectivity index (χ2n) is 6.74. The summed E-state index contributed by atoms with van der Waals surface area (Å²) in [5.74, 6) is 3.97. The fraction of sp³-hybridized carbons (Fsp3) is 0.227. The van der Waals surface area contributed by atoms with E-state index in [4.69, 9.17) is 19.1 Å². The number of anilines is 2. The molecule has 4 aromatic rings. The molecule has 0 saturated heterocycles. The maximum atomic E-state index is 5.95. The van der Waals surface area contributed by atoms with E-state index in [1.165, 1.54) is 0 Å². The van der Waals surface area contributed by atoms with Crippen molar-refractivity contribution in [1.29, 1.82) is 0 Å². The van der Waals surface area contributed by atoms with Gasteiger partial charge in [-0.05, 0) is 38.1 Å². The lowest BCUT2D eigenvalue weighted by atomic mass is 10.3. The molecule has 5 rings (SSSR count). The number of rotatable bonds is 4. The molecule has 0 aliphatic carbocycles. The quantitative estimate of drug-likeness (QED) is 0.513. The molecule has 0 bridgehead atoms. The van der Waals surface area contributed by atoms with Crippen LogP contribution in [0, 0.1) is 0 Å². The van der Waals surface area contributed by atoms with Crippen LogP contribution >= 0.6 is 0 Å². The van der Waals surface area contributed by atoms with Gasteiger partial charge in [0, 0.05) is 25.2 Å². The molecule has 0 radical (unpaired) electrons. The minimum atomic E-state index is 0.539. The molecule has 7 heteroatoms. The van der Waals surface area contributed by atoms with Crippen LogP contribution in [0.15, 0.2) is 52.7 Å². The fourth-order valence-electron chi connectivity index (χ4n) is 3.71. The maximum absolute atomic E-state index is 5.95. The minimum absolute atomic E-state index is 0.539. The Morgan fingerprint density at radius 1 is 0.897 bits per heavy atom. The van der Waals surface area contributed by atoms with E-state index in [0.717, 1.165) is 58.4 Å². The first kappa shape index (κ1) is 17.5. The molecule has 2 aromatic heterocycles. The standard InChI is InChI=1S/C22H21N5O2/c1-4-26-20(13-19-23-17-12-14(28-3)10-11-18(17)29-19)27(5-2)22-21(26)24-15-8-6-7-9-16(15)25-22/h6-13H,4-5H2,1-3H3. The summed E-state index contributed by atoms with van der Waals surface area (Å²) in [6.07, 6.45) is 1.95. The maximum Gasteiger partial charge on any atom is 0.223 e. The first-order valence-electron chi connectivity index (χ1n) is 9.70. The minimum Gasteiger partial charge on any atom is -0.497 e. The van der Waals surface area contributed by atoms with Crippen LogP contribution < -0.4 is 14.5 Å². The lowest BCUT2D eigenvalue weighted by Crippen LogP contribution is -2.28. The van der Waals surface area contributed by atoms with Crippen LogP contribution in [-0.2, 0) is 0 Å². The van der Waals surface area contributed by atoms with Crippen molar-refractivity contribution in [2.45, 2.75) is 13.8 Å². The number of methoxy groups -OCH3 is 1. The van der Waals surface area contributed by atoms with E-state index in [9.17, 15) is 0 Å². The van der Waals surface area contributed by atoms with Crippen LogP contribution in [0.5, 0.6) is 5.75 Å². The van der Waals surface area contributed by atoms with Gasteiger partial charge in [-0.3, -0.25) is 0 Å². The molecule has 1 aliphatic heterocycles. The zero-order valence-corrected chi connectivity index (χ0v) is 16.6. The average Bonchev–Trinajstić information content (AvgIpc) is 3.28. The summed E-state index contributed by atoms with van der Waals surface area (Å²) in [5.41, 5.74) is 3.26. The number of para-hydroxylation sites is 2. The van der Waals surface area contributed by atoms with Gasteiger partial charge in [-0.15, -0.1) is 0 Å². The van der Waals surface area contributed by atoms with E-state index in [2.05, 4.69) is 28.6 Å². The lowest BCUT2D eigenvalue weighted by Gasteiger charge is -2.21. The summed E-state index contributed by atoms with van der Waals surface area (Å²) >= 11 is 0. The summed E-state index contributed by atoms with van der Waals surface area (Å²) in [5, 5.41) is 0. The zero-order chi connectivity index (χ0) is 20.0. The molecular weight excluding hydrogens is 366 g/mol. The molecule has 2 aromatic carbocycles. The van der Waals surface area contributed by atoms with Crippen LogP contribution in [0.4, 0.5) is 11.6 Å². The topological polar surface area (TPSA) is 67.5 Å². The number of nitrogens with zero attached hydrogens (tertiary/aromatic N) is 5. The SMILES string of the molecule is CCN1C(=Cc2nc3cc(OC)ccc3o2)N(CC)c2nc3ccccc3nc21. The van der Waals surface area contributed by atoms with Gasteiger partial charge >= 0.3 is 0 Å². The Hall–Kier alpha value is -3.61. The molecular formula is C22H21N5O2. The third kappa shape index (κ3) is 2.77. The highest BCUT2D eigenvalue weighted by Gasteiger charge is 2.33. The van der Waals surface area contributed by atoms with E-state index in [-0.39, 0.29) is 0 Å². The van der Waals surface area contributed by atoms with Crippen molar-refractivity contribution in [2.75, 3.05) is 30.0 Å². The van der Waals surface area contributed by atoms with Gasteiger partial charge in [-0.2, -0.15) is 0 Å². The van der Waals surface area contributed by atoms with Gasteiger partial charge in [-0.1, -0.05) is 12.1 Å². The molecule has 0 spiro atoms. The zero-order valence-electron chi connectivity index (χ0n) is 16.6. The van der Waals surface area contributed by atoms with Crippen molar-refractivity contribution < 1.29 is 9.15 Å². The molecule has 29 heavy (non-hydrogen) atoms. The van der Waals surface area contributed by atoms with Crippen LogP contribution in [0.1, 0.15) is 19.7 Å². The number of ether oxygens (including phenoxy) is 1. The number of hydrogen-bond acceptors (Lipinski definition) is 7. The van der Waals surface area contributed by atoms with E-state index in [1.54, 1.807) is 7.11 Å². The predicted octanol–water partition coefficient (Wildman–Crippen LogP) is 4.44. The first-order chi connectivity index (χ1) is 14.2. The number of fused-ring (bicyclic) bond motifs is 3. The van der Waals surface area contributed by atoms with Gasteiger partial charge in [-0.25, -0.2) is 15.0 Å². The van der Waals surface area contributed by atoms with Crippen LogP contribution in [0.2, 0.25) is 0 Å². The van der Waals surface area contributed by atoms with Crippen molar-refractivity contribution in [1.82, 2.24) is 15.0 Å². The summed E-state index contributed by atoms with van der Waals surface area (Å²) in [6, 6.07) is 13.6. The third-order valence-corrected chi connectivity index (χ3v) is 5.10. The fourth-order valence-corrected chi connectivity index (χ4v) is 3.71. The molecule has 0 amide bonds. The molecule has 0 atom stereocenters. The lowest BCUT2D eigenvalue weighted by molar-refractivity contribution is 0.415. The molecule has 0 unspecified atom stereocenters. The number of aromatic nitrogens is 3. The van der Waals surface area contributed by atoms with E-state index >= 15 is 0 Å². The highest BCUT2D eigenvalue weighted by Crippen LogP contribution is 2.40. The molecule has 0 N–H and O–H groups in total. The smallest absolute Gasteiger partial charge is 0.223 e. The predicted molar refractivity (Wildman–Crippen MR) is 114 cm³/mol. The van der Waals surface area contributed by atoms with Crippen molar-refractivity contribution in [2.24, 2.45) is 0 Å². The Morgan fingerprint density at radius 3 is 2.14 bits per heavy atom. The van der Waals surface area contributed by atoms with Crippen LogP contribution in [0.25, 0.3) is 28.2 Å². The highest BCUT2D eigenvalue weighted by molar-refractivity contribution is 5.87. The second-order valence-corrected chi connectivity index (χ2v) is 6.74. The first-order valence-corrected chi connectivity index (χ1v) is 9.70. The van der Waals surface area contributed by atoms with Crippen molar-refractivity contribution >= 4 is 39.8 Å². The Labute approximate surface area is 168 Å². The van der Waals surface area contributed by atoms with Crippen molar-refractivity contribution in [3.05, 3.63) is 54.2 Å². The van der Waals surface area contributed by atoms with Crippen molar-refractivity contribution in [3.8, 4) is 5.75 Å². The molecule has 1 aliphatic rings. The van der Waals surface area contributed by atoms with E-state index < -0.39 is 0 Å². The Bertz CT molecular complexity index is 1190. The number of hydrogen-bond donors (Lipinski definition) is 0. The number of benzene rings is 2. The summed E-state index contributed by atoms with van der Waals surface area (Å²) < 4.78 is 11.2. The van der Waals surface area contributed by atoms with Crippen LogP contribution in [0.3, 0.4) is 0 Å². The third-order valence-electron chi connectivity index (χ3n) is 5.10. The monoisotopic (exact) mass is 387 g/mol. The Morgan fingerprint density at radius 2 is 1.55 bits per heavy atom. The normalized spacial score (nSPS) is 13.4. The Kier molecular flexibility index (Phi) is 4.08. The van der Waals surface area contributed by atoms with E-state index in [1.807, 2.05) is 48.5 Å². The average molecular weight is 387 g/mol. The summed E-state index contributed by atoms with van der Waals surface area (Å²) in [7, 11) is 1.64. The molecule has 146 valence electrons. The molecule has 7 nitrogen and oxygen atoms in total. The van der Waals surface area contributed by atoms with Gasteiger partial charge in [0.05, 0.1) is 18.1 Å². The van der Waals surface area contributed by atoms with Crippen LogP contribution in [-0.4, -0.2) is 35.2 Å². The molecule has 0 fully saturated rings. The van der Waals surface area contributed by atoms with Gasteiger partial charge in [0.15, 0.2) is 17.2 Å². The van der Waals surface area contributed by atoms with Gasteiger partial charge in [0.25, 0.3) is 0 Å². The largest absolute Gasteiger partial charge is 0.497 e. The Balaban J connectivity index is 1.64. The summed E-state index contributed by atoms with van der Waals surface area (Å²) in [4.78, 5) is 18.7. The molecule has 3 heterocycles. The number of oxazole rings is 1. The van der Waals surface area contributed by atoms with E-state index in [0.29, 0.717) is 5.89 Å². The molecule has 0 saturated carbocycles. The second kappa shape index (κ2) is 6.77. The van der Waals surface area contributed by atoms with Gasteiger partial charge < -0.3 is 19.0 Å². The highest BCUT2D eigenvalue weighted by atomic mass is 16.5. The van der Waals surface area contributed by atoms with Crippen molar-refractivity contribution in [3.63, 3.8) is 0 Å².